The smallest absolute Gasteiger partial charge is 0.417 e. The van der Waals surface area contributed by atoms with E-state index in [1.807, 2.05) is 4.90 Å². The number of alkyl halides is 3. The van der Waals surface area contributed by atoms with Crippen LogP contribution in [-0.2, 0) is 6.18 Å². The molecule has 1 N–H and O–H groups in total. The summed E-state index contributed by atoms with van der Waals surface area (Å²) in [6.07, 6.45) is -4.76. The Morgan fingerprint density at radius 3 is 2.07 bits per heavy atom. The average Bonchev–Trinajstić information content (AvgIpc) is 2.66. The summed E-state index contributed by atoms with van der Waals surface area (Å²) in [5, 5.41) is 8.92. The van der Waals surface area contributed by atoms with Crippen molar-refractivity contribution in [1.29, 1.82) is 0 Å². The van der Waals surface area contributed by atoms with Crippen molar-refractivity contribution in [3.8, 4) is 0 Å². The number of nitrogens with zero attached hydrogens (tertiary/aromatic N) is 2. The maximum absolute atomic E-state index is 13.4. The quantitative estimate of drug-likeness (QED) is 0.807. The lowest BCUT2D eigenvalue weighted by atomic mass is 10.0. The van der Waals surface area contributed by atoms with E-state index in [2.05, 4.69) is 0 Å². The van der Waals surface area contributed by atoms with Gasteiger partial charge in [0.05, 0.1) is 16.7 Å². The zero-order chi connectivity index (χ0) is 20.5. The van der Waals surface area contributed by atoms with E-state index in [9.17, 15) is 27.2 Å². The average molecular weight is 396 g/mol. The summed E-state index contributed by atoms with van der Waals surface area (Å²) in [7, 11) is 0. The van der Waals surface area contributed by atoms with Gasteiger partial charge in [-0.05, 0) is 42.5 Å². The number of anilines is 1. The highest BCUT2D eigenvalue weighted by molar-refractivity contribution is 5.96. The Morgan fingerprint density at radius 1 is 0.929 bits per heavy atom. The molecule has 1 heterocycles. The van der Waals surface area contributed by atoms with Crippen LogP contribution in [0.2, 0.25) is 0 Å². The largest absolute Gasteiger partial charge is 0.478 e. The minimum atomic E-state index is -4.76. The number of carboxylic acid groups (broad SMARTS) is 1. The molecular weight excluding hydrogens is 380 g/mol. The molecule has 3 rings (SSSR count). The molecule has 28 heavy (non-hydrogen) atoms. The highest BCUT2D eigenvalue weighted by atomic mass is 19.4. The minimum Gasteiger partial charge on any atom is -0.478 e. The lowest BCUT2D eigenvalue weighted by molar-refractivity contribution is -0.138. The topological polar surface area (TPSA) is 60.9 Å². The summed E-state index contributed by atoms with van der Waals surface area (Å²) in [5.74, 6) is -2.82. The number of aromatic carboxylic acids is 1. The first kappa shape index (κ1) is 19.7. The number of amides is 1. The molecule has 5 nitrogen and oxygen atoms in total. The van der Waals surface area contributed by atoms with Crippen molar-refractivity contribution in [3.05, 3.63) is 65.0 Å². The number of hydrogen-bond donors (Lipinski definition) is 1. The number of piperazine rings is 1. The van der Waals surface area contributed by atoms with Crippen molar-refractivity contribution >= 4 is 17.6 Å². The third-order valence-electron chi connectivity index (χ3n) is 4.56. The molecule has 0 aliphatic carbocycles. The number of rotatable bonds is 3. The fourth-order valence-corrected chi connectivity index (χ4v) is 3.09. The van der Waals surface area contributed by atoms with Crippen molar-refractivity contribution < 1.29 is 32.3 Å². The number of carboxylic acids is 1. The van der Waals surface area contributed by atoms with Gasteiger partial charge in [0.25, 0.3) is 5.91 Å². The van der Waals surface area contributed by atoms with E-state index in [1.54, 1.807) is 12.1 Å². The number of hydrogen-bond acceptors (Lipinski definition) is 3. The first-order valence-corrected chi connectivity index (χ1v) is 8.41. The number of benzene rings is 2. The fraction of sp³-hybridized carbons (Fsp3) is 0.263. The van der Waals surface area contributed by atoms with Crippen molar-refractivity contribution in [3.63, 3.8) is 0 Å². The molecule has 1 saturated heterocycles. The van der Waals surface area contributed by atoms with E-state index in [-0.39, 0.29) is 18.7 Å². The second-order valence-corrected chi connectivity index (χ2v) is 6.32. The van der Waals surface area contributed by atoms with Crippen molar-refractivity contribution in [2.75, 3.05) is 31.1 Å². The Labute approximate surface area is 157 Å². The summed E-state index contributed by atoms with van der Waals surface area (Å²) in [5.41, 5.74) is -0.973. The Hall–Kier alpha value is -3.10. The van der Waals surface area contributed by atoms with E-state index in [4.69, 9.17) is 5.11 Å². The van der Waals surface area contributed by atoms with Gasteiger partial charge in [-0.3, -0.25) is 4.79 Å². The number of carbonyl (C=O) groups excluding carboxylic acids is 1. The van der Waals surface area contributed by atoms with Crippen LogP contribution < -0.4 is 4.90 Å². The second kappa shape index (κ2) is 7.49. The number of carbonyl (C=O) groups is 2. The van der Waals surface area contributed by atoms with Gasteiger partial charge < -0.3 is 14.9 Å². The number of halogens is 4. The van der Waals surface area contributed by atoms with E-state index in [1.165, 1.54) is 17.0 Å². The predicted octanol–water partition coefficient (Wildman–Crippen LogP) is 3.51. The summed E-state index contributed by atoms with van der Waals surface area (Å²) in [6.45, 7) is 1.03. The Bertz CT molecular complexity index is 889. The van der Waals surface area contributed by atoms with Gasteiger partial charge in [-0.25, -0.2) is 9.18 Å². The minimum absolute atomic E-state index is 0.142. The molecule has 148 valence electrons. The van der Waals surface area contributed by atoms with Crippen molar-refractivity contribution in [2.24, 2.45) is 0 Å². The van der Waals surface area contributed by atoms with Crippen LogP contribution in [0.5, 0.6) is 0 Å². The first-order chi connectivity index (χ1) is 13.2. The molecule has 0 bridgehead atoms. The summed E-state index contributed by atoms with van der Waals surface area (Å²) in [6, 6.07) is 8.04. The third kappa shape index (κ3) is 4.08. The lowest BCUT2D eigenvalue weighted by Gasteiger charge is -2.36. The van der Waals surface area contributed by atoms with Gasteiger partial charge in [-0.1, -0.05) is 0 Å². The van der Waals surface area contributed by atoms with Crippen LogP contribution in [0.4, 0.5) is 23.2 Å². The van der Waals surface area contributed by atoms with Gasteiger partial charge >= 0.3 is 12.1 Å². The highest BCUT2D eigenvalue weighted by Gasteiger charge is 2.37. The van der Waals surface area contributed by atoms with E-state index < -0.39 is 35.0 Å². The molecule has 1 aliphatic heterocycles. The summed E-state index contributed by atoms with van der Waals surface area (Å²) >= 11 is 0. The fourth-order valence-electron chi connectivity index (χ4n) is 3.09. The SMILES string of the molecule is O=C(O)c1ccc(N2CCN(C(=O)c3cc(F)ccc3C(F)(F)F)CC2)cc1. The Kier molecular flexibility index (Phi) is 5.26. The molecular formula is C19H16F4N2O3. The van der Waals surface area contributed by atoms with Crippen LogP contribution in [0.15, 0.2) is 42.5 Å². The lowest BCUT2D eigenvalue weighted by Crippen LogP contribution is -2.49. The van der Waals surface area contributed by atoms with Crippen molar-refractivity contribution in [2.45, 2.75) is 6.18 Å². The Balaban J connectivity index is 1.72. The van der Waals surface area contributed by atoms with Crippen LogP contribution in [0.25, 0.3) is 0 Å². The normalized spacial score (nSPS) is 14.9. The van der Waals surface area contributed by atoms with Crippen LogP contribution in [0.1, 0.15) is 26.3 Å². The van der Waals surface area contributed by atoms with Crippen LogP contribution in [0, 0.1) is 5.82 Å². The molecule has 0 atom stereocenters. The van der Waals surface area contributed by atoms with Gasteiger partial charge in [0.2, 0.25) is 0 Å². The molecule has 1 fully saturated rings. The zero-order valence-electron chi connectivity index (χ0n) is 14.5. The molecule has 1 aliphatic rings. The molecule has 1 amide bonds. The van der Waals surface area contributed by atoms with E-state index in [0.717, 1.165) is 5.69 Å². The van der Waals surface area contributed by atoms with Crippen molar-refractivity contribution in [1.82, 2.24) is 4.90 Å². The van der Waals surface area contributed by atoms with Gasteiger partial charge in [-0.2, -0.15) is 13.2 Å². The first-order valence-electron chi connectivity index (χ1n) is 8.41. The molecule has 2 aromatic carbocycles. The van der Waals surface area contributed by atoms with Crippen LogP contribution >= 0.6 is 0 Å². The van der Waals surface area contributed by atoms with Gasteiger partial charge in [0.1, 0.15) is 5.82 Å². The molecule has 0 radical (unpaired) electrons. The predicted molar refractivity (Wildman–Crippen MR) is 92.9 cm³/mol. The third-order valence-corrected chi connectivity index (χ3v) is 4.56. The monoisotopic (exact) mass is 396 g/mol. The molecule has 0 unspecified atom stereocenters. The Morgan fingerprint density at radius 2 is 1.54 bits per heavy atom. The molecule has 0 spiro atoms. The zero-order valence-corrected chi connectivity index (χ0v) is 14.5. The maximum atomic E-state index is 13.4. The van der Waals surface area contributed by atoms with E-state index >= 15 is 0 Å². The van der Waals surface area contributed by atoms with Gasteiger partial charge in [-0.15, -0.1) is 0 Å². The molecule has 2 aromatic rings. The van der Waals surface area contributed by atoms with Crippen LogP contribution in [0.3, 0.4) is 0 Å². The summed E-state index contributed by atoms with van der Waals surface area (Å²) in [4.78, 5) is 26.6. The molecule has 0 aromatic heterocycles. The maximum Gasteiger partial charge on any atom is 0.417 e. The molecule has 9 heteroatoms. The highest BCUT2D eigenvalue weighted by Crippen LogP contribution is 2.33. The van der Waals surface area contributed by atoms with Gasteiger partial charge in [0.15, 0.2) is 0 Å². The molecule has 0 saturated carbocycles. The van der Waals surface area contributed by atoms with Gasteiger partial charge in [0, 0.05) is 31.9 Å². The second-order valence-electron chi connectivity index (χ2n) is 6.32. The van der Waals surface area contributed by atoms with E-state index in [0.29, 0.717) is 31.3 Å². The summed E-state index contributed by atoms with van der Waals surface area (Å²) < 4.78 is 52.9. The van der Waals surface area contributed by atoms with Crippen LogP contribution in [-0.4, -0.2) is 48.1 Å². The standard InChI is InChI=1S/C19H16F4N2O3/c20-13-3-6-16(19(21,22)23)15(11-13)17(26)25-9-7-24(8-10-25)14-4-1-12(2-5-14)18(27)28/h1-6,11H,7-10H2,(H,27,28).